The van der Waals surface area contributed by atoms with E-state index in [2.05, 4.69) is 21.5 Å². The second-order valence-electron chi connectivity index (χ2n) is 5.15. The molecule has 1 aliphatic heterocycles. The standard InChI is InChI=1S/C15H25N3O2/c1-3-9-16-14(19)8-10-17-15(20)13(2)18-11-6-4-5-7-12-18/h1,13H,4-12H2,2H3,(H,16,19)(H,17,20)/t13-/m0/s1. The minimum atomic E-state index is -0.134. The fraction of sp³-hybridized carbons (Fsp3) is 0.733. The Kier molecular flexibility index (Phi) is 7.74. The van der Waals surface area contributed by atoms with E-state index in [0.717, 1.165) is 25.9 Å². The Morgan fingerprint density at radius 2 is 1.85 bits per heavy atom. The summed E-state index contributed by atoms with van der Waals surface area (Å²) in [5.41, 5.74) is 0. The van der Waals surface area contributed by atoms with Gasteiger partial charge in [-0.25, -0.2) is 0 Å². The van der Waals surface area contributed by atoms with Crippen molar-refractivity contribution in [3.63, 3.8) is 0 Å². The first kappa shape index (κ1) is 16.5. The van der Waals surface area contributed by atoms with Gasteiger partial charge in [0.1, 0.15) is 0 Å². The predicted octanol–water partition coefficient (Wildman–Crippen LogP) is 0.507. The molecule has 5 nitrogen and oxygen atoms in total. The van der Waals surface area contributed by atoms with Crippen molar-refractivity contribution in [1.82, 2.24) is 15.5 Å². The summed E-state index contributed by atoms with van der Waals surface area (Å²) in [4.78, 5) is 25.6. The van der Waals surface area contributed by atoms with E-state index in [1.807, 2.05) is 6.92 Å². The molecule has 5 heteroatoms. The highest BCUT2D eigenvalue weighted by Gasteiger charge is 2.21. The highest BCUT2D eigenvalue weighted by Crippen LogP contribution is 2.12. The van der Waals surface area contributed by atoms with E-state index in [4.69, 9.17) is 6.42 Å². The number of hydrogen-bond donors (Lipinski definition) is 2. The number of terminal acetylenes is 1. The molecule has 1 heterocycles. The van der Waals surface area contributed by atoms with Crippen LogP contribution in [0.5, 0.6) is 0 Å². The summed E-state index contributed by atoms with van der Waals surface area (Å²) in [6.07, 6.45) is 10.1. The molecule has 1 fully saturated rings. The van der Waals surface area contributed by atoms with E-state index in [9.17, 15) is 9.59 Å². The zero-order valence-electron chi connectivity index (χ0n) is 12.3. The average Bonchev–Trinajstić information content (AvgIpc) is 2.73. The van der Waals surface area contributed by atoms with Crippen molar-refractivity contribution < 1.29 is 9.59 Å². The number of amides is 2. The van der Waals surface area contributed by atoms with E-state index >= 15 is 0 Å². The first-order valence-electron chi connectivity index (χ1n) is 7.37. The Hall–Kier alpha value is -1.54. The highest BCUT2D eigenvalue weighted by molar-refractivity contribution is 5.82. The Labute approximate surface area is 121 Å². The van der Waals surface area contributed by atoms with Crippen LogP contribution < -0.4 is 10.6 Å². The summed E-state index contributed by atoms with van der Waals surface area (Å²) in [6, 6.07) is -0.123. The van der Waals surface area contributed by atoms with Gasteiger partial charge in [-0.05, 0) is 32.9 Å². The fourth-order valence-electron chi connectivity index (χ4n) is 2.33. The van der Waals surface area contributed by atoms with E-state index in [0.29, 0.717) is 6.54 Å². The first-order valence-corrected chi connectivity index (χ1v) is 7.37. The molecule has 0 radical (unpaired) electrons. The molecule has 0 aromatic heterocycles. The van der Waals surface area contributed by atoms with Crippen LogP contribution in [0.4, 0.5) is 0 Å². The highest BCUT2D eigenvalue weighted by atomic mass is 16.2. The number of rotatable bonds is 6. The third-order valence-electron chi connectivity index (χ3n) is 3.61. The van der Waals surface area contributed by atoms with Crippen LogP contribution in [0.3, 0.4) is 0 Å². The molecule has 0 bridgehead atoms. The van der Waals surface area contributed by atoms with Gasteiger partial charge in [0.05, 0.1) is 12.6 Å². The van der Waals surface area contributed by atoms with Gasteiger partial charge in [-0.15, -0.1) is 6.42 Å². The molecule has 1 saturated heterocycles. The van der Waals surface area contributed by atoms with Gasteiger partial charge in [-0.2, -0.15) is 0 Å². The summed E-state index contributed by atoms with van der Waals surface area (Å²) in [5.74, 6) is 2.20. The minimum Gasteiger partial charge on any atom is -0.354 e. The summed E-state index contributed by atoms with van der Waals surface area (Å²) < 4.78 is 0. The monoisotopic (exact) mass is 279 g/mol. The van der Waals surface area contributed by atoms with E-state index < -0.39 is 0 Å². The molecular formula is C15H25N3O2. The maximum Gasteiger partial charge on any atom is 0.237 e. The van der Waals surface area contributed by atoms with Crippen LogP contribution in [0.15, 0.2) is 0 Å². The lowest BCUT2D eigenvalue weighted by molar-refractivity contribution is -0.126. The van der Waals surface area contributed by atoms with Crippen LogP contribution in [-0.2, 0) is 9.59 Å². The maximum atomic E-state index is 12.0. The average molecular weight is 279 g/mol. The molecule has 1 aliphatic rings. The number of nitrogens with zero attached hydrogens (tertiary/aromatic N) is 1. The molecule has 0 aliphatic carbocycles. The molecule has 0 aromatic carbocycles. The second kappa shape index (κ2) is 9.38. The molecule has 1 atom stereocenters. The molecule has 20 heavy (non-hydrogen) atoms. The van der Waals surface area contributed by atoms with Crippen molar-refractivity contribution in [1.29, 1.82) is 0 Å². The smallest absolute Gasteiger partial charge is 0.237 e. The second-order valence-corrected chi connectivity index (χ2v) is 5.15. The summed E-state index contributed by atoms with van der Waals surface area (Å²) >= 11 is 0. The van der Waals surface area contributed by atoms with E-state index in [1.54, 1.807) is 0 Å². The summed E-state index contributed by atoms with van der Waals surface area (Å²) in [7, 11) is 0. The lowest BCUT2D eigenvalue weighted by Gasteiger charge is -2.26. The lowest BCUT2D eigenvalue weighted by atomic mass is 10.2. The molecule has 1 rings (SSSR count). The molecule has 0 unspecified atom stereocenters. The quantitative estimate of drug-likeness (QED) is 0.696. The van der Waals surface area contributed by atoms with Crippen molar-refractivity contribution in [2.45, 2.75) is 45.1 Å². The molecule has 2 N–H and O–H groups in total. The van der Waals surface area contributed by atoms with Crippen molar-refractivity contribution in [3.05, 3.63) is 0 Å². The third kappa shape index (κ3) is 6.07. The SMILES string of the molecule is C#CCNC(=O)CCNC(=O)[C@H](C)N1CCCCCC1. The Balaban J connectivity index is 2.24. The van der Waals surface area contributed by atoms with Gasteiger partial charge < -0.3 is 10.6 Å². The lowest BCUT2D eigenvalue weighted by Crippen LogP contribution is -2.46. The predicted molar refractivity (Wildman–Crippen MR) is 79.0 cm³/mol. The first-order chi connectivity index (χ1) is 9.65. The number of carbonyl (C=O) groups is 2. The van der Waals surface area contributed by atoms with Crippen molar-refractivity contribution >= 4 is 11.8 Å². The van der Waals surface area contributed by atoms with Gasteiger partial charge in [0.25, 0.3) is 0 Å². The minimum absolute atomic E-state index is 0.00310. The van der Waals surface area contributed by atoms with Crippen LogP contribution in [0, 0.1) is 12.3 Å². The zero-order valence-corrected chi connectivity index (χ0v) is 12.3. The fourth-order valence-corrected chi connectivity index (χ4v) is 2.33. The van der Waals surface area contributed by atoms with Crippen LogP contribution in [0.1, 0.15) is 39.0 Å². The van der Waals surface area contributed by atoms with Gasteiger partial charge in [-0.3, -0.25) is 14.5 Å². The van der Waals surface area contributed by atoms with Gasteiger partial charge in [-0.1, -0.05) is 18.8 Å². The molecule has 0 saturated carbocycles. The van der Waals surface area contributed by atoms with Crippen LogP contribution >= 0.6 is 0 Å². The van der Waals surface area contributed by atoms with Crippen molar-refractivity contribution in [3.8, 4) is 12.3 Å². The van der Waals surface area contributed by atoms with Crippen molar-refractivity contribution in [2.75, 3.05) is 26.2 Å². The van der Waals surface area contributed by atoms with Gasteiger partial charge in [0, 0.05) is 13.0 Å². The Morgan fingerprint density at radius 3 is 2.45 bits per heavy atom. The molecule has 2 amide bonds. The Bertz CT molecular complexity index is 355. The molecule has 0 aromatic rings. The normalized spacial score (nSPS) is 17.6. The number of likely N-dealkylation sites (tertiary alicyclic amines) is 1. The van der Waals surface area contributed by atoms with Gasteiger partial charge >= 0.3 is 0 Å². The van der Waals surface area contributed by atoms with Crippen molar-refractivity contribution in [2.24, 2.45) is 0 Å². The topological polar surface area (TPSA) is 61.4 Å². The molecular weight excluding hydrogens is 254 g/mol. The van der Waals surface area contributed by atoms with Crippen LogP contribution in [0.25, 0.3) is 0 Å². The van der Waals surface area contributed by atoms with Gasteiger partial charge in [0.2, 0.25) is 11.8 Å². The maximum absolute atomic E-state index is 12.0. The molecule has 112 valence electrons. The number of carbonyl (C=O) groups excluding carboxylic acids is 2. The largest absolute Gasteiger partial charge is 0.354 e. The summed E-state index contributed by atoms with van der Waals surface area (Å²) in [6.45, 7) is 4.48. The van der Waals surface area contributed by atoms with Crippen LogP contribution in [0.2, 0.25) is 0 Å². The number of nitrogens with one attached hydrogen (secondary N) is 2. The van der Waals surface area contributed by atoms with Crippen LogP contribution in [-0.4, -0.2) is 48.9 Å². The third-order valence-corrected chi connectivity index (χ3v) is 3.61. The Morgan fingerprint density at radius 1 is 1.20 bits per heavy atom. The zero-order chi connectivity index (χ0) is 14.8. The number of hydrogen-bond acceptors (Lipinski definition) is 3. The van der Waals surface area contributed by atoms with E-state index in [-0.39, 0.29) is 30.8 Å². The van der Waals surface area contributed by atoms with Gasteiger partial charge in [0.15, 0.2) is 0 Å². The van der Waals surface area contributed by atoms with E-state index in [1.165, 1.54) is 12.8 Å². The molecule has 0 spiro atoms. The summed E-state index contributed by atoms with van der Waals surface area (Å²) in [5, 5.41) is 5.38.